The van der Waals surface area contributed by atoms with Gasteiger partial charge in [0.1, 0.15) is 5.82 Å². The third kappa shape index (κ3) is 4.92. The Labute approximate surface area is 130 Å². The highest BCUT2D eigenvalue weighted by molar-refractivity contribution is 6.31. The molecule has 1 N–H and O–H groups in total. The van der Waals surface area contributed by atoms with Crippen LogP contribution in [0.2, 0.25) is 5.02 Å². The van der Waals surface area contributed by atoms with Gasteiger partial charge in [0.2, 0.25) is 0 Å². The minimum absolute atomic E-state index is 0.119. The molecule has 1 saturated heterocycles. The van der Waals surface area contributed by atoms with Crippen LogP contribution in [0, 0.1) is 11.2 Å². The Balaban J connectivity index is 2.04. The highest BCUT2D eigenvalue weighted by atomic mass is 35.5. The molecule has 21 heavy (non-hydrogen) atoms. The molecule has 1 heterocycles. The van der Waals surface area contributed by atoms with Crippen molar-refractivity contribution in [3.8, 4) is 0 Å². The van der Waals surface area contributed by atoms with Crippen molar-refractivity contribution in [2.24, 2.45) is 5.41 Å². The van der Waals surface area contributed by atoms with E-state index < -0.39 is 0 Å². The first-order chi connectivity index (χ1) is 10.2. The van der Waals surface area contributed by atoms with Crippen molar-refractivity contribution in [1.29, 1.82) is 0 Å². The molecule has 0 aromatic heterocycles. The van der Waals surface area contributed by atoms with Gasteiger partial charge in [0.05, 0.1) is 6.61 Å². The number of hydrogen-bond acceptors (Lipinski definition) is 3. The van der Waals surface area contributed by atoms with E-state index in [1.165, 1.54) is 12.1 Å². The second kappa shape index (κ2) is 8.08. The fourth-order valence-electron chi connectivity index (χ4n) is 2.82. The van der Waals surface area contributed by atoms with Crippen LogP contribution in [0.15, 0.2) is 18.2 Å². The zero-order valence-corrected chi connectivity index (χ0v) is 13.2. The van der Waals surface area contributed by atoms with Gasteiger partial charge in [-0.05, 0) is 42.4 Å². The van der Waals surface area contributed by atoms with Crippen molar-refractivity contribution in [3.63, 3.8) is 0 Å². The van der Waals surface area contributed by atoms with Crippen molar-refractivity contribution in [3.05, 3.63) is 34.6 Å². The summed E-state index contributed by atoms with van der Waals surface area (Å²) in [6.45, 7) is 3.96. The van der Waals surface area contributed by atoms with Crippen molar-refractivity contribution in [1.82, 2.24) is 5.32 Å². The molecule has 1 fully saturated rings. The van der Waals surface area contributed by atoms with E-state index >= 15 is 0 Å². The van der Waals surface area contributed by atoms with Gasteiger partial charge in [-0.15, -0.1) is 0 Å². The van der Waals surface area contributed by atoms with Crippen LogP contribution >= 0.6 is 11.6 Å². The van der Waals surface area contributed by atoms with Gasteiger partial charge in [-0.3, -0.25) is 0 Å². The Hall–Kier alpha value is -0.680. The summed E-state index contributed by atoms with van der Waals surface area (Å²) in [7, 11) is 1.70. The second-order valence-electron chi connectivity index (χ2n) is 5.69. The van der Waals surface area contributed by atoms with Crippen LogP contribution in [0.25, 0.3) is 0 Å². The first-order valence-corrected chi connectivity index (χ1v) is 7.74. The predicted octanol–water partition coefficient (Wildman–Crippen LogP) is 3.05. The molecule has 0 bridgehead atoms. The standard InChI is InChI=1S/C16H23ClFNO2/c1-20-9-6-19-12-16(4-7-21-8-5-16)11-13-2-3-14(18)10-15(13)17/h2-3,10,19H,4-9,11-12H2,1H3. The number of methoxy groups -OCH3 is 1. The van der Waals surface area contributed by atoms with E-state index in [0.717, 1.165) is 51.1 Å². The predicted molar refractivity (Wildman–Crippen MR) is 82.3 cm³/mol. The van der Waals surface area contributed by atoms with Crippen LogP contribution in [-0.4, -0.2) is 40.0 Å². The molecule has 0 saturated carbocycles. The van der Waals surface area contributed by atoms with Gasteiger partial charge < -0.3 is 14.8 Å². The molecule has 0 atom stereocenters. The molecule has 3 nitrogen and oxygen atoms in total. The number of halogens is 2. The monoisotopic (exact) mass is 315 g/mol. The van der Waals surface area contributed by atoms with Crippen LogP contribution in [0.5, 0.6) is 0 Å². The largest absolute Gasteiger partial charge is 0.383 e. The molecule has 1 aliphatic heterocycles. The lowest BCUT2D eigenvalue weighted by Crippen LogP contribution is -2.41. The summed E-state index contributed by atoms with van der Waals surface area (Å²) >= 11 is 6.18. The van der Waals surface area contributed by atoms with E-state index in [-0.39, 0.29) is 11.2 Å². The zero-order valence-electron chi connectivity index (χ0n) is 12.5. The Bertz CT molecular complexity index is 450. The summed E-state index contributed by atoms with van der Waals surface area (Å²) in [5.74, 6) is -0.289. The third-order valence-corrected chi connectivity index (χ3v) is 4.47. The molecular weight excluding hydrogens is 293 g/mol. The number of benzene rings is 1. The summed E-state index contributed by atoms with van der Waals surface area (Å²) in [6.07, 6.45) is 2.82. The third-order valence-electron chi connectivity index (χ3n) is 4.12. The molecule has 5 heteroatoms. The molecule has 0 amide bonds. The minimum atomic E-state index is -0.289. The molecule has 2 rings (SSSR count). The summed E-state index contributed by atoms with van der Waals surface area (Å²) < 4.78 is 23.7. The number of rotatable bonds is 7. The molecule has 1 aromatic carbocycles. The lowest BCUT2D eigenvalue weighted by molar-refractivity contribution is 0.0143. The van der Waals surface area contributed by atoms with Crippen LogP contribution in [0.3, 0.4) is 0 Å². The summed E-state index contributed by atoms with van der Waals surface area (Å²) in [5, 5.41) is 3.96. The topological polar surface area (TPSA) is 30.5 Å². The highest BCUT2D eigenvalue weighted by Crippen LogP contribution is 2.35. The molecule has 118 valence electrons. The van der Waals surface area contributed by atoms with Gasteiger partial charge in [0, 0.05) is 38.4 Å². The fraction of sp³-hybridized carbons (Fsp3) is 0.625. The molecule has 0 aliphatic carbocycles. The first-order valence-electron chi connectivity index (χ1n) is 7.37. The number of hydrogen-bond donors (Lipinski definition) is 1. The molecule has 0 spiro atoms. The van der Waals surface area contributed by atoms with Gasteiger partial charge in [0.25, 0.3) is 0 Å². The maximum absolute atomic E-state index is 13.2. The van der Waals surface area contributed by atoms with E-state index in [0.29, 0.717) is 11.6 Å². The van der Waals surface area contributed by atoms with Gasteiger partial charge in [-0.2, -0.15) is 0 Å². The SMILES string of the molecule is COCCNCC1(Cc2ccc(F)cc2Cl)CCOCC1. The van der Waals surface area contributed by atoms with Crippen LogP contribution < -0.4 is 5.32 Å². The van der Waals surface area contributed by atoms with Crippen LogP contribution in [0.4, 0.5) is 4.39 Å². The van der Waals surface area contributed by atoms with Crippen molar-refractivity contribution in [2.45, 2.75) is 19.3 Å². The Kier molecular flexibility index (Phi) is 6.42. The van der Waals surface area contributed by atoms with E-state index in [1.807, 2.05) is 0 Å². The second-order valence-corrected chi connectivity index (χ2v) is 6.10. The first kappa shape index (κ1) is 16.7. The van der Waals surface area contributed by atoms with Crippen molar-refractivity contribution in [2.75, 3.05) is 40.0 Å². The maximum Gasteiger partial charge on any atom is 0.124 e. The number of ether oxygens (including phenoxy) is 2. The lowest BCUT2D eigenvalue weighted by Gasteiger charge is -2.38. The smallest absolute Gasteiger partial charge is 0.124 e. The zero-order chi connectivity index (χ0) is 15.1. The average Bonchev–Trinajstić information content (AvgIpc) is 2.48. The van der Waals surface area contributed by atoms with Crippen molar-refractivity contribution >= 4 is 11.6 Å². The van der Waals surface area contributed by atoms with E-state index in [1.54, 1.807) is 13.2 Å². The highest BCUT2D eigenvalue weighted by Gasteiger charge is 2.33. The van der Waals surface area contributed by atoms with Crippen molar-refractivity contribution < 1.29 is 13.9 Å². The molecule has 1 aromatic rings. The van der Waals surface area contributed by atoms with E-state index in [9.17, 15) is 4.39 Å². The van der Waals surface area contributed by atoms with Gasteiger partial charge >= 0.3 is 0 Å². The lowest BCUT2D eigenvalue weighted by atomic mass is 9.75. The van der Waals surface area contributed by atoms with Gasteiger partial charge in [-0.1, -0.05) is 17.7 Å². The van der Waals surface area contributed by atoms with E-state index in [4.69, 9.17) is 21.1 Å². The molecule has 0 radical (unpaired) electrons. The van der Waals surface area contributed by atoms with Crippen LogP contribution in [-0.2, 0) is 15.9 Å². The minimum Gasteiger partial charge on any atom is -0.383 e. The quantitative estimate of drug-likeness (QED) is 0.785. The number of nitrogens with one attached hydrogen (secondary N) is 1. The Morgan fingerprint density at radius 2 is 2.14 bits per heavy atom. The molecule has 0 unspecified atom stereocenters. The summed E-state index contributed by atoms with van der Waals surface area (Å²) in [4.78, 5) is 0. The maximum atomic E-state index is 13.2. The summed E-state index contributed by atoms with van der Waals surface area (Å²) in [5.41, 5.74) is 1.13. The molecule has 1 aliphatic rings. The van der Waals surface area contributed by atoms with Gasteiger partial charge in [-0.25, -0.2) is 4.39 Å². The molecular formula is C16H23ClFNO2. The van der Waals surface area contributed by atoms with E-state index in [2.05, 4.69) is 5.32 Å². The summed E-state index contributed by atoms with van der Waals surface area (Å²) in [6, 6.07) is 4.67. The van der Waals surface area contributed by atoms with Crippen LogP contribution in [0.1, 0.15) is 18.4 Å². The fourth-order valence-corrected chi connectivity index (χ4v) is 3.05. The Morgan fingerprint density at radius 1 is 1.38 bits per heavy atom. The van der Waals surface area contributed by atoms with Gasteiger partial charge in [0.15, 0.2) is 0 Å². The average molecular weight is 316 g/mol. The Morgan fingerprint density at radius 3 is 2.81 bits per heavy atom. The normalized spacial score (nSPS) is 17.9.